The molecule has 1 aliphatic heterocycles. The summed E-state index contributed by atoms with van der Waals surface area (Å²) in [6.45, 7) is 3.83. The zero-order valence-corrected chi connectivity index (χ0v) is 13.2. The van der Waals surface area contributed by atoms with Crippen LogP contribution >= 0.6 is 23.2 Å². The number of anilines is 2. The highest BCUT2D eigenvalue weighted by Gasteiger charge is 2.18. The molecule has 0 spiro atoms. The number of hydrogen-bond acceptors (Lipinski definition) is 3. The molecule has 5 heteroatoms. The Labute approximate surface area is 135 Å². The van der Waals surface area contributed by atoms with E-state index in [2.05, 4.69) is 20.9 Å². The van der Waals surface area contributed by atoms with Crippen molar-refractivity contribution in [2.24, 2.45) is 0 Å². The molecule has 2 heterocycles. The van der Waals surface area contributed by atoms with Gasteiger partial charge in [0.25, 0.3) is 0 Å². The van der Waals surface area contributed by atoms with E-state index in [1.807, 2.05) is 36.4 Å². The highest BCUT2D eigenvalue weighted by atomic mass is 35.5. The van der Waals surface area contributed by atoms with Crippen molar-refractivity contribution in [3.8, 4) is 0 Å². The maximum atomic E-state index is 6.06. The maximum absolute atomic E-state index is 6.06. The molecule has 110 valence electrons. The van der Waals surface area contributed by atoms with Gasteiger partial charge < -0.3 is 9.80 Å². The van der Waals surface area contributed by atoms with Crippen molar-refractivity contribution in [1.29, 1.82) is 0 Å². The molecular weight excluding hydrogens is 305 g/mol. The molecule has 0 N–H and O–H groups in total. The van der Waals surface area contributed by atoms with Crippen LogP contribution in [0.2, 0.25) is 5.02 Å². The molecule has 0 atom stereocenters. The Bertz CT molecular complexity index is 610. The van der Waals surface area contributed by atoms with Crippen molar-refractivity contribution >= 4 is 34.7 Å². The van der Waals surface area contributed by atoms with Gasteiger partial charge >= 0.3 is 0 Å². The van der Waals surface area contributed by atoms with E-state index in [4.69, 9.17) is 23.2 Å². The van der Waals surface area contributed by atoms with Gasteiger partial charge in [-0.15, -0.1) is 11.6 Å². The minimum atomic E-state index is 0.455. The molecular formula is C16H17Cl2N3. The molecule has 3 rings (SSSR count). The number of aromatic nitrogens is 1. The molecule has 0 bridgehead atoms. The van der Waals surface area contributed by atoms with E-state index in [1.54, 1.807) is 0 Å². The average Bonchev–Trinajstić information content (AvgIpc) is 2.55. The molecule has 1 fully saturated rings. The zero-order chi connectivity index (χ0) is 14.7. The first-order chi connectivity index (χ1) is 10.3. The summed E-state index contributed by atoms with van der Waals surface area (Å²) in [7, 11) is 0. The lowest BCUT2D eigenvalue weighted by Crippen LogP contribution is -2.46. The Morgan fingerprint density at radius 2 is 1.67 bits per heavy atom. The molecule has 0 aliphatic carbocycles. The standard InChI is InChI=1S/C16H17Cl2N3/c17-12-14-4-2-6-16(19-14)21-9-7-20(8-10-21)15-5-1-3-13(18)11-15/h1-6,11H,7-10,12H2. The van der Waals surface area contributed by atoms with Gasteiger partial charge in [0.1, 0.15) is 5.82 Å². The number of hydrogen-bond donors (Lipinski definition) is 0. The number of rotatable bonds is 3. The Morgan fingerprint density at radius 1 is 0.952 bits per heavy atom. The third kappa shape index (κ3) is 3.42. The largest absolute Gasteiger partial charge is 0.368 e. The number of benzene rings is 1. The van der Waals surface area contributed by atoms with E-state index in [0.29, 0.717) is 5.88 Å². The fourth-order valence-electron chi connectivity index (χ4n) is 2.58. The summed E-state index contributed by atoms with van der Waals surface area (Å²) in [6.07, 6.45) is 0. The number of alkyl halides is 1. The van der Waals surface area contributed by atoms with Crippen LogP contribution in [0.25, 0.3) is 0 Å². The summed E-state index contributed by atoms with van der Waals surface area (Å²) >= 11 is 11.9. The zero-order valence-electron chi connectivity index (χ0n) is 11.7. The van der Waals surface area contributed by atoms with Crippen LogP contribution in [0.1, 0.15) is 5.69 Å². The van der Waals surface area contributed by atoms with Gasteiger partial charge in [-0.05, 0) is 30.3 Å². The predicted molar refractivity (Wildman–Crippen MR) is 89.7 cm³/mol. The number of pyridine rings is 1. The molecule has 0 radical (unpaired) electrons. The molecule has 1 aliphatic rings. The fourth-order valence-corrected chi connectivity index (χ4v) is 2.92. The minimum absolute atomic E-state index is 0.455. The van der Waals surface area contributed by atoms with Crippen LogP contribution in [0, 0.1) is 0 Å². The van der Waals surface area contributed by atoms with E-state index in [0.717, 1.165) is 42.7 Å². The number of piperazine rings is 1. The maximum Gasteiger partial charge on any atom is 0.128 e. The topological polar surface area (TPSA) is 19.4 Å². The third-order valence-electron chi connectivity index (χ3n) is 3.71. The number of halogens is 2. The van der Waals surface area contributed by atoms with Crippen molar-refractivity contribution < 1.29 is 0 Å². The van der Waals surface area contributed by atoms with Crippen molar-refractivity contribution in [1.82, 2.24) is 4.98 Å². The monoisotopic (exact) mass is 321 g/mol. The van der Waals surface area contributed by atoms with Crippen molar-refractivity contribution in [2.45, 2.75) is 5.88 Å². The molecule has 0 unspecified atom stereocenters. The second-order valence-corrected chi connectivity index (χ2v) is 5.78. The second-order valence-electron chi connectivity index (χ2n) is 5.07. The Kier molecular flexibility index (Phi) is 4.51. The van der Waals surface area contributed by atoms with E-state index in [-0.39, 0.29) is 0 Å². The molecule has 2 aromatic rings. The van der Waals surface area contributed by atoms with E-state index < -0.39 is 0 Å². The third-order valence-corrected chi connectivity index (χ3v) is 4.21. The summed E-state index contributed by atoms with van der Waals surface area (Å²) in [5.74, 6) is 1.47. The fraction of sp³-hybridized carbons (Fsp3) is 0.312. The van der Waals surface area contributed by atoms with Gasteiger partial charge in [0.2, 0.25) is 0 Å². The molecule has 0 saturated carbocycles. The van der Waals surface area contributed by atoms with Gasteiger partial charge in [-0.25, -0.2) is 4.98 Å². The summed E-state index contributed by atoms with van der Waals surface area (Å²) in [4.78, 5) is 9.24. The normalized spacial score (nSPS) is 15.3. The Morgan fingerprint density at radius 3 is 2.38 bits per heavy atom. The van der Waals surface area contributed by atoms with Crippen LogP contribution < -0.4 is 9.80 Å². The predicted octanol–water partition coefficient (Wildman–Crippen LogP) is 3.80. The van der Waals surface area contributed by atoms with E-state index >= 15 is 0 Å². The highest BCUT2D eigenvalue weighted by molar-refractivity contribution is 6.30. The smallest absolute Gasteiger partial charge is 0.128 e. The first-order valence-corrected chi connectivity index (χ1v) is 7.95. The Balaban J connectivity index is 1.67. The van der Waals surface area contributed by atoms with Gasteiger partial charge in [-0.1, -0.05) is 23.7 Å². The average molecular weight is 322 g/mol. The lowest BCUT2D eigenvalue weighted by atomic mass is 10.2. The van der Waals surface area contributed by atoms with Gasteiger partial charge in [-0.3, -0.25) is 0 Å². The van der Waals surface area contributed by atoms with Crippen LogP contribution in [-0.4, -0.2) is 31.2 Å². The SMILES string of the molecule is ClCc1cccc(N2CCN(c3cccc(Cl)c3)CC2)n1. The quantitative estimate of drug-likeness (QED) is 0.801. The first kappa shape index (κ1) is 14.5. The van der Waals surface area contributed by atoms with Crippen LogP contribution in [0.5, 0.6) is 0 Å². The summed E-state index contributed by atoms with van der Waals surface area (Å²) < 4.78 is 0. The van der Waals surface area contributed by atoms with Gasteiger partial charge in [0.15, 0.2) is 0 Å². The molecule has 0 amide bonds. The molecule has 1 aromatic heterocycles. The molecule has 21 heavy (non-hydrogen) atoms. The van der Waals surface area contributed by atoms with E-state index in [9.17, 15) is 0 Å². The van der Waals surface area contributed by atoms with Crippen LogP contribution in [-0.2, 0) is 5.88 Å². The van der Waals surface area contributed by atoms with Crippen LogP contribution in [0.3, 0.4) is 0 Å². The van der Waals surface area contributed by atoms with Crippen molar-refractivity contribution in [3.05, 3.63) is 53.2 Å². The summed E-state index contributed by atoms with van der Waals surface area (Å²) in [5, 5.41) is 0.784. The Hall–Kier alpha value is -1.45. The van der Waals surface area contributed by atoms with Gasteiger partial charge in [0, 0.05) is 36.9 Å². The molecule has 1 aromatic carbocycles. The second kappa shape index (κ2) is 6.54. The first-order valence-electron chi connectivity index (χ1n) is 7.03. The van der Waals surface area contributed by atoms with Gasteiger partial charge in [-0.2, -0.15) is 0 Å². The number of nitrogens with zero attached hydrogens (tertiary/aromatic N) is 3. The van der Waals surface area contributed by atoms with Crippen molar-refractivity contribution in [3.63, 3.8) is 0 Å². The molecule has 1 saturated heterocycles. The summed E-state index contributed by atoms with van der Waals surface area (Å²) in [6, 6.07) is 14.0. The molecule has 3 nitrogen and oxygen atoms in total. The van der Waals surface area contributed by atoms with Crippen molar-refractivity contribution in [2.75, 3.05) is 36.0 Å². The van der Waals surface area contributed by atoms with Gasteiger partial charge in [0.05, 0.1) is 11.6 Å². The van der Waals surface area contributed by atoms with Crippen LogP contribution in [0.15, 0.2) is 42.5 Å². The van der Waals surface area contributed by atoms with Crippen LogP contribution in [0.4, 0.5) is 11.5 Å². The summed E-state index contributed by atoms with van der Waals surface area (Å²) in [5.41, 5.74) is 2.11. The highest BCUT2D eigenvalue weighted by Crippen LogP contribution is 2.22. The van der Waals surface area contributed by atoms with E-state index in [1.165, 1.54) is 5.69 Å². The lowest BCUT2D eigenvalue weighted by Gasteiger charge is -2.36. The minimum Gasteiger partial charge on any atom is -0.368 e. The lowest BCUT2D eigenvalue weighted by molar-refractivity contribution is 0.647.